The Hall–Kier alpha value is -2.48. The minimum absolute atomic E-state index is 0.297. The molecule has 0 spiro atoms. The van der Waals surface area contributed by atoms with E-state index in [4.69, 9.17) is 9.47 Å². The third-order valence-electron chi connectivity index (χ3n) is 3.70. The lowest BCUT2D eigenvalue weighted by Gasteiger charge is -2.20. The molecule has 0 aromatic heterocycles. The molecule has 0 saturated carbocycles. The van der Waals surface area contributed by atoms with Crippen LogP contribution in [0, 0.1) is 6.07 Å². The van der Waals surface area contributed by atoms with Crippen molar-refractivity contribution >= 4 is 10.8 Å². The first kappa shape index (κ1) is 15.4. The molecule has 3 rings (SSSR count). The van der Waals surface area contributed by atoms with Gasteiger partial charge in [-0.15, -0.1) is 0 Å². The number of fused-ring (bicyclic) bond motifs is 1. The third kappa shape index (κ3) is 4.26. The van der Waals surface area contributed by atoms with Gasteiger partial charge in [-0.3, -0.25) is 0 Å². The van der Waals surface area contributed by atoms with Crippen LogP contribution in [0.2, 0.25) is 0 Å². The first-order valence-electron chi connectivity index (χ1n) is 8.14. The summed E-state index contributed by atoms with van der Waals surface area (Å²) >= 11 is 0. The van der Waals surface area contributed by atoms with Gasteiger partial charge < -0.3 is 9.47 Å². The summed E-state index contributed by atoms with van der Waals surface area (Å²) in [5.74, 6) is 1.55. The fourth-order valence-electron chi connectivity index (χ4n) is 2.47. The van der Waals surface area contributed by atoms with Crippen LogP contribution in [0.5, 0.6) is 11.5 Å². The number of ether oxygens (including phenoxy) is 2. The van der Waals surface area contributed by atoms with Crippen LogP contribution < -0.4 is 9.47 Å². The Kier molecular flexibility index (Phi) is 5.15. The zero-order valence-electron chi connectivity index (χ0n) is 13.4. The second kappa shape index (κ2) is 7.68. The van der Waals surface area contributed by atoms with Gasteiger partial charge in [-0.25, -0.2) is 0 Å². The highest BCUT2D eigenvalue weighted by molar-refractivity contribution is 5.83. The predicted octanol–water partition coefficient (Wildman–Crippen LogP) is 5.61. The molecule has 1 radical (unpaired) electrons. The summed E-state index contributed by atoms with van der Waals surface area (Å²) in [4.78, 5) is 0. The van der Waals surface area contributed by atoms with Gasteiger partial charge in [-0.2, -0.15) is 0 Å². The topological polar surface area (TPSA) is 18.5 Å². The normalized spacial score (nSPS) is 12.0. The van der Waals surface area contributed by atoms with E-state index in [0.29, 0.717) is 0 Å². The van der Waals surface area contributed by atoms with Crippen molar-refractivity contribution in [1.82, 2.24) is 0 Å². The molecule has 0 aliphatic carbocycles. The first-order valence-corrected chi connectivity index (χ1v) is 8.14. The Morgan fingerprint density at radius 2 is 1.65 bits per heavy atom. The second-order valence-electron chi connectivity index (χ2n) is 5.53. The lowest BCUT2D eigenvalue weighted by Crippen LogP contribution is -2.23. The largest absolute Gasteiger partial charge is 0.455 e. The van der Waals surface area contributed by atoms with Gasteiger partial charge in [0.1, 0.15) is 11.5 Å². The van der Waals surface area contributed by atoms with E-state index in [1.54, 1.807) is 0 Å². The number of benzene rings is 3. The lowest BCUT2D eigenvalue weighted by atomic mass is 10.1. The van der Waals surface area contributed by atoms with Crippen molar-refractivity contribution in [2.75, 3.05) is 0 Å². The average Bonchev–Trinajstić information content (AvgIpc) is 2.60. The summed E-state index contributed by atoms with van der Waals surface area (Å²) in [7, 11) is 0. The maximum atomic E-state index is 6.05. The van der Waals surface area contributed by atoms with Crippen LogP contribution in [0.15, 0.2) is 66.7 Å². The molecule has 1 atom stereocenters. The maximum absolute atomic E-state index is 6.05. The van der Waals surface area contributed by atoms with E-state index in [-0.39, 0.29) is 6.29 Å². The van der Waals surface area contributed by atoms with Gasteiger partial charge in [0, 0.05) is 12.5 Å². The molecule has 0 aliphatic rings. The summed E-state index contributed by atoms with van der Waals surface area (Å²) in [6.45, 7) is 2.17. The van der Waals surface area contributed by atoms with Gasteiger partial charge in [0.15, 0.2) is 0 Å². The molecule has 23 heavy (non-hydrogen) atoms. The summed E-state index contributed by atoms with van der Waals surface area (Å²) < 4.78 is 12.0. The second-order valence-corrected chi connectivity index (χ2v) is 5.53. The molecule has 0 aliphatic heterocycles. The fraction of sp³-hybridized carbons (Fsp3) is 0.238. The average molecular weight is 305 g/mol. The predicted molar refractivity (Wildman–Crippen MR) is 93.8 cm³/mol. The molecular formula is C21H21O2. The Morgan fingerprint density at radius 1 is 0.870 bits per heavy atom. The van der Waals surface area contributed by atoms with Gasteiger partial charge in [-0.05, 0) is 35.4 Å². The number of hydrogen-bond donors (Lipinski definition) is 0. The molecule has 117 valence electrons. The highest BCUT2D eigenvalue weighted by Gasteiger charge is 2.12. The Labute approximate surface area is 137 Å². The number of para-hydroxylation sites is 1. The highest BCUT2D eigenvalue weighted by Crippen LogP contribution is 2.23. The van der Waals surface area contributed by atoms with Gasteiger partial charge in [-0.1, -0.05) is 61.9 Å². The first-order chi connectivity index (χ1) is 11.3. The molecule has 0 amide bonds. The van der Waals surface area contributed by atoms with Crippen molar-refractivity contribution < 1.29 is 9.47 Å². The molecule has 1 unspecified atom stereocenters. The maximum Gasteiger partial charge on any atom is 0.241 e. The van der Waals surface area contributed by atoms with Crippen molar-refractivity contribution in [3.8, 4) is 11.5 Å². The van der Waals surface area contributed by atoms with E-state index >= 15 is 0 Å². The zero-order chi connectivity index (χ0) is 15.9. The Bertz CT molecular complexity index is 737. The fourth-order valence-corrected chi connectivity index (χ4v) is 2.47. The summed E-state index contributed by atoms with van der Waals surface area (Å²) in [6, 6.07) is 25.3. The number of unbranched alkanes of at least 4 members (excludes halogenated alkanes) is 1. The standard InChI is InChI=1S/C21H21O2/c1-2-3-13-21(22-19-11-5-4-6-12-19)23-20-15-14-17-9-7-8-10-18(17)16-20/h4-12,14-15,21H,2-3,13H2,1H3. The third-order valence-corrected chi connectivity index (χ3v) is 3.70. The van der Waals surface area contributed by atoms with E-state index in [1.807, 2.05) is 54.6 Å². The molecule has 3 aromatic carbocycles. The van der Waals surface area contributed by atoms with Crippen molar-refractivity contribution in [3.63, 3.8) is 0 Å². The Morgan fingerprint density at radius 3 is 2.48 bits per heavy atom. The minimum atomic E-state index is -0.297. The summed E-state index contributed by atoms with van der Waals surface area (Å²) in [5.41, 5.74) is 0. The van der Waals surface area contributed by atoms with E-state index < -0.39 is 0 Å². The van der Waals surface area contributed by atoms with Crippen LogP contribution in [0.25, 0.3) is 10.8 Å². The van der Waals surface area contributed by atoms with Crippen molar-refractivity contribution in [2.45, 2.75) is 32.5 Å². The van der Waals surface area contributed by atoms with Crippen LogP contribution >= 0.6 is 0 Å². The molecular weight excluding hydrogens is 284 g/mol. The van der Waals surface area contributed by atoms with Gasteiger partial charge in [0.25, 0.3) is 0 Å². The highest BCUT2D eigenvalue weighted by atomic mass is 16.7. The SMILES string of the molecule is CCCCC(Oc1[c]c2ccccc2cc1)Oc1ccccc1. The molecule has 2 heteroatoms. The van der Waals surface area contributed by atoms with E-state index in [1.165, 1.54) is 0 Å². The van der Waals surface area contributed by atoms with Crippen molar-refractivity contribution in [3.05, 3.63) is 72.8 Å². The van der Waals surface area contributed by atoms with Gasteiger partial charge >= 0.3 is 0 Å². The molecule has 0 N–H and O–H groups in total. The van der Waals surface area contributed by atoms with Crippen molar-refractivity contribution in [2.24, 2.45) is 0 Å². The van der Waals surface area contributed by atoms with Crippen molar-refractivity contribution in [1.29, 1.82) is 0 Å². The molecule has 0 saturated heterocycles. The lowest BCUT2D eigenvalue weighted by molar-refractivity contribution is -0.00220. The molecule has 0 bridgehead atoms. The van der Waals surface area contributed by atoms with Crippen LogP contribution in [0.4, 0.5) is 0 Å². The summed E-state index contributed by atoms with van der Waals surface area (Å²) in [6.07, 6.45) is 2.73. The van der Waals surface area contributed by atoms with Crippen LogP contribution in [0.3, 0.4) is 0 Å². The monoisotopic (exact) mass is 305 g/mol. The number of hydrogen-bond acceptors (Lipinski definition) is 2. The van der Waals surface area contributed by atoms with Crippen LogP contribution in [0.1, 0.15) is 26.2 Å². The number of rotatable bonds is 7. The Balaban J connectivity index is 1.75. The van der Waals surface area contributed by atoms with E-state index in [2.05, 4.69) is 25.1 Å². The van der Waals surface area contributed by atoms with Crippen LogP contribution in [-0.2, 0) is 0 Å². The molecule has 0 heterocycles. The van der Waals surface area contributed by atoms with E-state index in [9.17, 15) is 0 Å². The molecule has 0 fully saturated rings. The van der Waals surface area contributed by atoms with Gasteiger partial charge in [0.2, 0.25) is 6.29 Å². The van der Waals surface area contributed by atoms with Gasteiger partial charge in [0.05, 0.1) is 0 Å². The molecule has 3 aromatic rings. The summed E-state index contributed by atoms with van der Waals surface area (Å²) in [5, 5.41) is 2.22. The van der Waals surface area contributed by atoms with Crippen LogP contribution in [-0.4, -0.2) is 6.29 Å². The zero-order valence-corrected chi connectivity index (χ0v) is 13.4. The smallest absolute Gasteiger partial charge is 0.241 e. The quantitative estimate of drug-likeness (QED) is 0.528. The molecule has 2 nitrogen and oxygen atoms in total. The minimum Gasteiger partial charge on any atom is -0.455 e. The van der Waals surface area contributed by atoms with E-state index in [0.717, 1.165) is 41.5 Å².